The standard InChI is InChI=1S/C11H14Cl2O3S/c1-11(2,14)7-17(15,16)6-8-9(12)4-3-5-10(8)13/h3-5,14H,6-7H2,1-2H3. The molecule has 0 saturated carbocycles. The predicted octanol–water partition coefficient (Wildman–Crippen LogP) is 2.68. The molecule has 1 aromatic rings. The summed E-state index contributed by atoms with van der Waals surface area (Å²) in [5, 5.41) is 10.2. The van der Waals surface area contributed by atoms with E-state index >= 15 is 0 Å². The number of aliphatic hydroxyl groups is 1. The Morgan fingerprint density at radius 1 is 1.24 bits per heavy atom. The molecule has 0 amide bonds. The van der Waals surface area contributed by atoms with Gasteiger partial charge in [0.15, 0.2) is 9.84 Å². The minimum absolute atomic E-state index is 0.268. The fourth-order valence-electron chi connectivity index (χ4n) is 1.48. The predicted molar refractivity (Wildman–Crippen MR) is 70.3 cm³/mol. The molecule has 1 N–H and O–H groups in total. The largest absolute Gasteiger partial charge is 0.389 e. The first-order valence-electron chi connectivity index (χ1n) is 4.96. The van der Waals surface area contributed by atoms with Crippen LogP contribution in [-0.2, 0) is 15.6 Å². The Kier molecular flexibility index (Phi) is 4.47. The quantitative estimate of drug-likeness (QED) is 0.929. The van der Waals surface area contributed by atoms with Crippen molar-refractivity contribution in [2.24, 2.45) is 0 Å². The van der Waals surface area contributed by atoms with Gasteiger partial charge in [0.1, 0.15) is 0 Å². The molecule has 0 fully saturated rings. The first kappa shape index (κ1) is 14.8. The molecule has 3 nitrogen and oxygen atoms in total. The fourth-order valence-corrected chi connectivity index (χ4v) is 4.10. The van der Waals surface area contributed by atoms with Crippen molar-refractivity contribution in [1.82, 2.24) is 0 Å². The number of sulfone groups is 1. The van der Waals surface area contributed by atoms with Gasteiger partial charge in [-0.3, -0.25) is 0 Å². The zero-order chi connectivity index (χ0) is 13.3. The van der Waals surface area contributed by atoms with Crippen molar-refractivity contribution in [1.29, 1.82) is 0 Å². The molecular weight excluding hydrogens is 283 g/mol. The van der Waals surface area contributed by atoms with E-state index in [0.717, 1.165) is 0 Å². The van der Waals surface area contributed by atoms with Crippen molar-refractivity contribution in [2.45, 2.75) is 25.2 Å². The lowest BCUT2D eigenvalue weighted by molar-refractivity contribution is 0.105. The van der Waals surface area contributed by atoms with Crippen LogP contribution in [0.5, 0.6) is 0 Å². The van der Waals surface area contributed by atoms with Crippen LogP contribution < -0.4 is 0 Å². The van der Waals surface area contributed by atoms with Gasteiger partial charge in [-0.1, -0.05) is 29.3 Å². The minimum atomic E-state index is -3.46. The highest BCUT2D eigenvalue weighted by Gasteiger charge is 2.25. The van der Waals surface area contributed by atoms with Crippen LogP contribution in [0.3, 0.4) is 0 Å². The maximum Gasteiger partial charge on any atom is 0.157 e. The van der Waals surface area contributed by atoms with Gasteiger partial charge in [0.2, 0.25) is 0 Å². The third kappa shape index (κ3) is 4.84. The van der Waals surface area contributed by atoms with Crippen molar-refractivity contribution in [3.63, 3.8) is 0 Å². The van der Waals surface area contributed by atoms with Crippen LogP contribution in [0.1, 0.15) is 19.4 Å². The Morgan fingerprint density at radius 2 is 1.71 bits per heavy atom. The Balaban J connectivity index is 2.99. The van der Waals surface area contributed by atoms with Crippen molar-refractivity contribution in [3.05, 3.63) is 33.8 Å². The lowest BCUT2D eigenvalue weighted by atomic mass is 10.2. The summed E-state index contributed by atoms with van der Waals surface area (Å²) in [6.45, 7) is 2.89. The molecule has 0 aliphatic heterocycles. The normalized spacial score (nSPS) is 12.8. The van der Waals surface area contributed by atoms with E-state index in [1.807, 2.05) is 0 Å². The highest BCUT2D eigenvalue weighted by atomic mass is 35.5. The maximum absolute atomic E-state index is 11.8. The second kappa shape index (κ2) is 5.14. The molecule has 6 heteroatoms. The summed E-state index contributed by atoms with van der Waals surface area (Å²) < 4.78 is 23.7. The van der Waals surface area contributed by atoms with Crippen LogP contribution >= 0.6 is 23.2 Å². The molecule has 0 atom stereocenters. The lowest BCUT2D eigenvalue weighted by Crippen LogP contribution is -2.30. The van der Waals surface area contributed by atoms with Crippen LogP contribution in [0.4, 0.5) is 0 Å². The highest BCUT2D eigenvalue weighted by molar-refractivity contribution is 7.90. The molecule has 0 spiro atoms. The summed E-state index contributed by atoms with van der Waals surface area (Å²) >= 11 is 11.8. The maximum atomic E-state index is 11.8. The lowest BCUT2D eigenvalue weighted by Gasteiger charge is -2.17. The van der Waals surface area contributed by atoms with Gasteiger partial charge in [0, 0.05) is 15.6 Å². The summed E-state index contributed by atoms with van der Waals surface area (Å²) in [5.74, 6) is -0.600. The molecule has 0 heterocycles. The zero-order valence-electron chi connectivity index (χ0n) is 9.57. The van der Waals surface area contributed by atoms with Crippen molar-refractivity contribution < 1.29 is 13.5 Å². The SMILES string of the molecule is CC(C)(O)CS(=O)(=O)Cc1c(Cl)cccc1Cl. The summed E-state index contributed by atoms with van der Waals surface area (Å²) in [5.41, 5.74) is -0.896. The summed E-state index contributed by atoms with van der Waals surface area (Å²) in [7, 11) is -3.46. The Labute approximate surface area is 111 Å². The number of halogens is 2. The van der Waals surface area contributed by atoms with E-state index in [9.17, 15) is 13.5 Å². The van der Waals surface area contributed by atoms with E-state index < -0.39 is 15.4 Å². The topological polar surface area (TPSA) is 54.4 Å². The molecule has 1 aromatic carbocycles. The number of hydrogen-bond donors (Lipinski definition) is 1. The first-order chi connectivity index (χ1) is 7.61. The Bertz CT molecular complexity index is 484. The molecule has 0 radical (unpaired) electrons. The third-order valence-corrected chi connectivity index (χ3v) is 4.58. The van der Waals surface area contributed by atoms with E-state index in [0.29, 0.717) is 15.6 Å². The average molecular weight is 297 g/mol. The molecule has 0 aliphatic carbocycles. The van der Waals surface area contributed by atoms with Crippen LogP contribution in [-0.4, -0.2) is 24.9 Å². The van der Waals surface area contributed by atoms with Crippen LogP contribution in [0.2, 0.25) is 10.0 Å². The van der Waals surface area contributed by atoms with Gasteiger partial charge in [-0.25, -0.2) is 8.42 Å². The molecule has 0 aromatic heterocycles. The van der Waals surface area contributed by atoms with Gasteiger partial charge in [0.05, 0.1) is 17.1 Å². The second-order valence-electron chi connectivity index (χ2n) is 4.54. The van der Waals surface area contributed by atoms with Crippen molar-refractivity contribution in [3.8, 4) is 0 Å². The van der Waals surface area contributed by atoms with E-state index in [1.54, 1.807) is 18.2 Å². The van der Waals surface area contributed by atoms with Gasteiger partial charge < -0.3 is 5.11 Å². The van der Waals surface area contributed by atoms with Crippen LogP contribution in [0, 0.1) is 0 Å². The van der Waals surface area contributed by atoms with Crippen LogP contribution in [0.25, 0.3) is 0 Å². The Morgan fingerprint density at radius 3 is 2.12 bits per heavy atom. The van der Waals surface area contributed by atoms with Crippen LogP contribution in [0.15, 0.2) is 18.2 Å². The molecule has 0 aliphatic rings. The van der Waals surface area contributed by atoms with Gasteiger partial charge in [-0.15, -0.1) is 0 Å². The fraction of sp³-hybridized carbons (Fsp3) is 0.455. The summed E-state index contributed by atoms with van der Waals surface area (Å²) in [6, 6.07) is 4.82. The zero-order valence-corrected chi connectivity index (χ0v) is 11.9. The van der Waals surface area contributed by atoms with Gasteiger partial charge in [-0.2, -0.15) is 0 Å². The number of rotatable bonds is 4. The molecule has 0 unspecified atom stereocenters. The summed E-state index contributed by atoms with van der Waals surface area (Å²) in [4.78, 5) is 0. The summed E-state index contributed by atoms with van der Waals surface area (Å²) in [6.07, 6.45) is 0. The highest BCUT2D eigenvalue weighted by Crippen LogP contribution is 2.27. The molecule has 96 valence electrons. The van der Waals surface area contributed by atoms with E-state index in [-0.39, 0.29) is 11.5 Å². The van der Waals surface area contributed by atoms with Gasteiger partial charge in [-0.05, 0) is 26.0 Å². The average Bonchev–Trinajstić information content (AvgIpc) is 2.07. The van der Waals surface area contributed by atoms with Crippen molar-refractivity contribution >= 4 is 33.0 Å². The second-order valence-corrected chi connectivity index (χ2v) is 7.42. The number of benzene rings is 1. The monoisotopic (exact) mass is 296 g/mol. The van der Waals surface area contributed by atoms with E-state index in [4.69, 9.17) is 23.2 Å². The Hall–Kier alpha value is -0.290. The molecule has 1 rings (SSSR count). The molecule has 0 saturated heterocycles. The minimum Gasteiger partial charge on any atom is -0.389 e. The smallest absolute Gasteiger partial charge is 0.157 e. The molecular formula is C11H14Cl2O3S. The van der Waals surface area contributed by atoms with E-state index in [1.165, 1.54) is 13.8 Å². The van der Waals surface area contributed by atoms with E-state index in [2.05, 4.69) is 0 Å². The molecule has 0 bridgehead atoms. The first-order valence-corrected chi connectivity index (χ1v) is 7.54. The number of hydrogen-bond acceptors (Lipinski definition) is 3. The molecule has 17 heavy (non-hydrogen) atoms. The third-order valence-electron chi connectivity index (χ3n) is 2.00. The van der Waals surface area contributed by atoms with Gasteiger partial charge in [0.25, 0.3) is 0 Å². The van der Waals surface area contributed by atoms with Gasteiger partial charge >= 0.3 is 0 Å². The van der Waals surface area contributed by atoms with Crippen molar-refractivity contribution in [2.75, 3.05) is 5.75 Å².